The molecule has 130 valence electrons. The quantitative estimate of drug-likeness (QED) is 0.852. The number of nitrogens with zero attached hydrogens (tertiary/aromatic N) is 5. The number of piperazine rings is 1. The van der Waals surface area contributed by atoms with Gasteiger partial charge in [-0.2, -0.15) is 10.5 Å². The molecule has 0 spiro atoms. The van der Waals surface area contributed by atoms with Crippen LogP contribution in [0.1, 0.15) is 28.1 Å². The van der Waals surface area contributed by atoms with E-state index >= 15 is 0 Å². The van der Waals surface area contributed by atoms with Gasteiger partial charge < -0.3 is 9.80 Å². The summed E-state index contributed by atoms with van der Waals surface area (Å²) in [6.45, 7) is 5.73. The highest BCUT2D eigenvalue weighted by Gasteiger charge is 2.26. The second-order valence-corrected chi connectivity index (χ2v) is 6.40. The van der Waals surface area contributed by atoms with Crippen molar-refractivity contribution in [3.8, 4) is 12.1 Å². The maximum absolute atomic E-state index is 12.6. The smallest absolute Gasteiger partial charge is 0.242 e. The lowest BCUT2D eigenvalue weighted by atomic mass is 10.1. The molecule has 1 aliphatic rings. The van der Waals surface area contributed by atoms with E-state index in [1.165, 1.54) is 0 Å². The molecule has 3 rings (SSSR count). The zero-order valence-electron chi connectivity index (χ0n) is 14.9. The number of anilines is 1. The molecule has 0 N–H and O–H groups in total. The van der Waals surface area contributed by atoms with Crippen molar-refractivity contribution in [2.24, 2.45) is 0 Å². The Labute approximate surface area is 152 Å². The summed E-state index contributed by atoms with van der Waals surface area (Å²) in [5, 5.41) is 18.3. The second-order valence-electron chi connectivity index (χ2n) is 6.40. The van der Waals surface area contributed by atoms with Gasteiger partial charge in [-0.05, 0) is 37.6 Å². The van der Waals surface area contributed by atoms with E-state index in [1.807, 2.05) is 41.8 Å². The minimum atomic E-state index is 0.0246. The molecule has 1 saturated heterocycles. The molecule has 2 heterocycles. The molecule has 0 bridgehead atoms. The van der Waals surface area contributed by atoms with Crippen LogP contribution in [0.2, 0.25) is 0 Å². The van der Waals surface area contributed by atoms with Gasteiger partial charge in [0.05, 0.1) is 35.1 Å². The lowest BCUT2D eigenvalue weighted by molar-refractivity contribution is -0.131. The monoisotopic (exact) mass is 345 g/mol. The summed E-state index contributed by atoms with van der Waals surface area (Å²) < 4.78 is 0. The molecule has 0 radical (unpaired) electrons. The van der Waals surface area contributed by atoms with Crippen LogP contribution in [0.4, 0.5) is 5.69 Å². The fourth-order valence-corrected chi connectivity index (χ4v) is 3.18. The molecule has 1 aromatic heterocycles. The molecule has 1 aliphatic heterocycles. The summed E-state index contributed by atoms with van der Waals surface area (Å²) in [4.78, 5) is 20.7. The normalized spacial score (nSPS) is 14.1. The minimum absolute atomic E-state index is 0.0246. The maximum atomic E-state index is 12.6. The van der Waals surface area contributed by atoms with Crippen LogP contribution in [0, 0.1) is 36.5 Å². The van der Waals surface area contributed by atoms with E-state index in [1.54, 1.807) is 12.1 Å². The third-order valence-corrected chi connectivity index (χ3v) is 4.54. The van der Waals surface area contributed by atoms with Gasteiger partial charge in [-0.1, -0.05) is 12.1 Å². The highest BCUT2D eigenvalue weighted by molar-refractivity contribution is 5.83. The van der Waals surface area contributed by atoms with Gasteiger partial charge in [0, 0.05) is 25.3 Å². The molecular formula is C20H19N5O. The number of nitriles is 2. The molecule has 2 aromatic rings. The van der Waals surface area contributed by atoms with Crippen molar-refractivity contribution in [3.63, 3.8) is 0 Å². The summed E-state index contributed by atoms with van der Waals surface area (Å²) in [6.07, 6.45) is 0. The maximum Gasteiger partial charge on any atom is 0.242 e. The number of pyridine rings is 1. The zero-order valence-corrected chi connectivity index (χ0v) is 14.9. The summed E-state index contributed by atoms with van der Waals surface area (Å²) in [6, 6.07) is 13.4. The number of hydrogen-bond acceptors (Lipinski definition) is 5. The van der Waals surface area contributed by atoms with Crippen molar-refractivity contribution in [1.29, 1.82) is 10.5 Å². The van der Waals surface area contributed by atoms with Crippen LogP contribution in [0.25, 0.3) is 0 Å². The molecule has 6 heteroatoms. The number of rotatable bonds is 3. The average Bonchev–Trinajstić information content (AvgIpc) is 2.63. The van der Waals surface area contributed by atoms with E-state index in [2.05, 4.69) is 17.1 Å². The van der Waals surface area contributed by atoms with Crippen LogP contribution in [-0.2, 0) is 11.3 Å². The van der Waals surface area contributed by atoms with E-state index in [-0.39, 0.29) is 12.5 Å². The summed E-state index contributed by atoms with van der Waals surface area (Å²) in [7, 11) is 0. The highest BCUT2D eigenvalue weighted by atomic mass is 16.2. The van der Waals surface area contributed by atoms with Crippen LogP contribution >= 0.6 is 0 Å². The van der Waals surface area contributed by atoms with Crippen molar-refractivity contribution in [1.82, 2.24) is 9.88 Å². The van der Waals surface area contributed by atoms with Crippen molar-refractivity contribution in [2.75, 3.05) is 24.5 Å². The van der Waals surface area contributed by atoms with Gasteiger partial charge in [-0.3, -0.25) is 9.78 Å². The SMILES string of the molecule is Cc1cc(N2CCN(Cc3ccc(C#N)cc3)C(=O)C2)c(C#N)c(C)n1. The Morgan fingerprint density at radius 1 is 1.12 bits per heavy atom. The molecule has 1 fully saturated rings. The van der Waals surface area contributed by atoms with Gasteiger partial charge in [0.1, 0.15) is 6.07 Å². The van der Waals surface area contributed by atoms with Gasteiger partial charge in [-0.25, -0.2) is 0 Å². The van der Waals surface area contributed by atoms with Crippen LogP contribution in [0.5, 0.6) is 0 Å². The number of benzene rings is 1. The van der Waals surface area contributed by atoms with E-state index in [9.17, 15) is 10.1 Å². The van der Waals surface area contributed by atoms with E-state index in [0.29, 0.717) is 36.5 Å². The summed E-state index contributed by atoms with van der Waals surface area (Å²) in [5.41, 5.74) is 4.45. The Balaban J connectivity index is 1.74. The summed E-state index contributed by atoms with van der Waals surface area (Å²) in [5.74, 6) is 0.0246. The molecule has 0 atom stereocenters. The molecule has 0 saturated carbocycles. The Morgan fingerprint density at radius 2 is 1.85 bits per heavy atom. The van der Waals surface area contributed by atoms with Gasteiger partial charge in [-0.15, -0.1) is 0 Å². The van der Waals surface area contributed by atoms with Gasteiger partial charge in [0.25, 0.3) is 0 Å². The molecule has 0 unspecified atom stereocenters. The second kappa shape index (κ2) is 7.25. The number of aryl methyl sites for hydroxylation is 2. The first-order valence-corrected chi connectivity index (χ1v) is 8.42. The minimum Gasteiger partial charge on any atom is -0.359 e. The standard InChI is InChI=1S/C20H19N5O/c1-14-9-19(18(11-22)15(2)23-14)24-7-8-25(20(26)13-24)12-17-5-3-16(10-21)4-6-17/h3-6,9H,7-8,12-13H2,1-2H3. The molecule has 6 nitrogen and oxygen atoms in total. The van der Waals surface area contributed by atoms with E-state index in [0.717, 1.165) is 16.9 Å². The van der Waals surface area contributed by atoms with Gasteiger partial charge in [0.15, 0.2) is 0 Å². The number of carbonyl (C=O) groups excluding carboxylic acids is 1. The molecule has 0 aliphatic carbocycles. The van der Waals surface area contributed by atoms with Crippen molar-refractivity contribution in [3.05, 3.63) is 58.4 Å². The highest BCUT2D eigenvalue weighted by Crippen LogP contribution is 2.25. The lowest BCUT2D eigenvalue weighted by Crippen LogP contribution is -2.50. The fourth-order valence-electron chi connectivity index (χ4n) is 3.18. The molecule has 1 amide bonds. The number of hydrogen-bond donors (Lipinski definition) is 0. The predicted molar refractivity (Wildman–Crippen MR) is 97.2 cm³/mol. The Kier molecular flexibility index (Phi) is 4.86. The first-order valence-electron chi connectivity index (χ1n) is 8.42. The molecular weight excluding hydrogens is 326 g/mol. The molecule has 1 aromatic carbocycles. The Morgan fingerprint density at radius 3 is 2.46 bits per heavy atom. The van der Waals surface area contributed by atoms with E-state index in [4.69, 9.17) is 5.26 Å². The van der Waals surface area contributed by atoms with Crippen molar-refractivity contribution < 1.29 is 4.79 Å². The number of amides is 1. The lowest BCUT2D eigenvalue weighted by Gasteiger charge is -2.36. The van der Waals surface area contributed by atoms with E-state index < -0.39 is 0 Å². The van der Waals surface area contributed by atoms with Crippen LogP contribution in [0.3, 0.4) is 0 Å². The average molecular weight is 345 g/mol. The van der Waals surface area contributed by atoms with Crippen molar-refractivity contribution in [2.45, 2.75) is 20.4 Å². The van der Waals surface area contributed by atoms with Crippen LogP contribution < -0.4 is 4.90 Å². The van der Waals surface area contributed by atoms with Gasteiger partial charge in [0.2, 0.25) is 5.91 Å². The first-order chi connectivity index (χ1) is 12.5. The summed E-state index contributed by atoms with van der Waals surface area (Å²) >= 11 is 0. The number of carbonyl (C=O) groups is 1. The zero-order chi connectivity index (χ0) is 18.7. The molecule has 26 heavy (non-hydrogen) atoms. The topological polar surface area (TPSA) is 84.0 Å². The Hall–Kier alpha value is -3.38. The first kappa shape index (κ1) is 17.4. The van der Waals surface area contributed by atoms with Crippen molar-refractivity contribution >= 4 is 11.6 Å². The largest absolute Gasteiger partial charge is 0.359 e. The van der Waals surface area contributed by atoms with Gasteiger partial charge >= 0.3 is 0 Å². The van der Waals surface area contributed by atoms with Crippen LogP contribution in [0.15, 0.2) is 30.3 Å². The van der Waals surface area contributed by atoms with Crippen LogP contribution in [-0.4, -0.2) is 35.4 Å². The Bertz CT molecular complexity index is 921. The fraction of sp³-hybridized carbons (Fsp3) is 0.300. The number of aromatic nitrogens is 1. The predicted octanol–water partition coefficient (Wildman–Crippen LogP) is 2.29. The third-order valence-electron chi connectivity index (χ3n) is 4.54. The third kappa shape index (κ3) is 3.50.